The zero-order valence-corrected chi connectivity index (χ0v) is 15.4. The number of hydrogen-bond acceptors (Lipinski definition) is 4. The smallest absolute Gasteiger partial charge is 0.315 e. The van der Waals surface area contributed by atoms with E-state index in [0.717, 1.165) is 38.3 Å². The molecule has 2 N–H and O–H groups in total. The molecule has 0 aromatic carbocycles. The van der Waals surface area contributed by atoms with Crippen LogP contribution >= 0.6 is 11.8 Å². The van der Waals surface area contributed by atoms with E-state index in [2.05, 4.69) is 39.8 Å². The van der Waals surface area contributed by atoms with Crippen molar-refractivity contribution in [1.82, 2.24) is 20.5 Å². The summed E-state index contributed by atoms with van der Waals surface area (Å²) in [5.41, 5.74) is 1.11. The van der Waals surface area contributed by atoms with Gasteiger partial charge in [0.2, 0.25) is 0 Å². The summed E-state index contributed by atoms with van der Waals surface area (Å²) >= 11 is 1.87. The van der Waals surface area contributed by atoms with Gasteiger partial charge in [-0.2, -0.15) is 11.8 Å². The summed E-state index contributed by atoms with van der Waals surface area (Å²) in [5.74, 6) is 0.448. The lowest BCUT2D eigenvalue weighted by Crippen LogP contribution is -2.52. The van der Waals surface area contributed by atoms with Crippen LogP contribution in [0.15, 0.2) is 24.4 Å². The lowest BCUT2D eigenvalue weighted by molar-refractivity contribution is 0.141. The number of carbonyl (C=O) groups excluding carboxylic acids is 1. The average Bonchev–Trinajstić information content (AvgIpc) is 3.37. The summed E-state index contributed by atoms with van der Waals surface area (Å²) in [6, 6.07) is 6.30. The minimum absolute atomic E-state index is 0.00893. The van der Waals surface area contributed by atoms with Gasteiger partial charge in [-0.3, -0.25) is 9.88 Å². The zero-order chi connectivity index (χ0) is 17.0. The second-order valence-corrected chi connectivity index (χ2v) is 8.42. The van der Waals surface area contributed by atoms with Crippen molar-refractivity contribution >= 4 is 17.8 Å². The molecule has 24 heavy (non-hydrogen) atoms. The highest BCUT2D eigenvalue weighted by Crippen LogP contribution is 2.46. The Morgan fingerprint density at radius 3 is 2.92 bits per heavy atom. The predicted octanol–water partition coefficient (Wildman–Crippen LogP) is 2.49. The van der Waals surface area contributed by atoms with E-state index in [1.807, 2.05) is 30.1 Å². The first-order valence-corrected chi connectivity index (χ1v) is 10.0. The van der Waals surface area contributed by atoms with Crippen molar-refractivity contribution in [2.24, 2.45) is 5.92 Å². The number of likely N-dealkylation sites (tertiary alicyclic amines) is 1. The largest absolute Gasteiger partial charge is 0.337 e. The highest BCUT2D eigenvalue weighted by molar-refractivity contribution is 8.00. The molecule has 2 heterocycles. The van der Waals surface area contributed by atoms with Gasteiger partial charge in [-0.25, -0.2) is 4.79 Å². The monoisotopic (exact) mass is 348 g/mol. The van der Waals surface area contributed by atoms with Gasteiger partial charge in [0.1, 0.15) is 0 Å². The van der Waals surface area contributed by atoms with E-state index in [1.165, 1.54) is 12.8 Å². The molecule has 0 unspecified atom stereocenters. The average molecular weight is 349 g/mol. The van der Waals surface area contributed by atoms with Crippen molar-refractivity contribution in [2.75, 3.05) is 25.9 Å². The topological polar surface area (TPSA) is 57.3 Å². The number of nitrogens with one attached hydrogen (secondary N) is 2. The van der Waals surface area contributed by atoms with Gasteiger partial charge in [-0.05, 0) is 43.6 Å². The Morgan fingerprint density at radius 1 is 1.46 bits per heavy atom. The molecule has 1 aliphatic carbocycles. The summed E-state index contributed by atoms with van der Waals surface area (Å²) in [6.07, 6.45) is 7.41. The van der Waals surface area contributed by atoms with E-state index in [-0.39, 0.29) is 12.1 Å². The molecule has 0 bridgehead atoms. The normalized spacial score (nSPS) is 25.9. The fourth-order valence-corrected chi connectivity index (χ4v) is 4.09. The molecule has 2 amide bonds. The minimum Gasteiger partial charge on any atom is -0.337 e. The van der Waals surface area contributed by atoms with Crippen molar-refractivity contribution in [3.63, 3.8) is 0 Å². The number of carbonyl (C=O) groups is 1. The Bertz CT molecular complexity index is 549. The SMILES string of the molecule is CSC1(CNC(=O)N[C@H]2CCN(Cc3ccccn3)C[C@H]2C)CC1. The molecular weight excluding hydrogens is 320 g/mol. The van der Waals surface area contributed by atoms with Crippen LogP contribution in [0.5, 0.6) is 0 Å². The van der Waals surface area contributed by atoms with Crippen molar-refractivity contribution < 1.29 is 4.79 Å². The minimum atomic E-state index is -0.00893. The molecule has 2 aliphatic rings. The van der Waals surface area contributed by atoms with E-state index in [9.17, 15) is 4.79 Å². The van der Waals surface area contributed by atoms with E-state index >= 15 is 0 Å². The van der Waals surface area contributed by atoms with Gasteiger partial charge in [-0.15, -0.1) is 0 Å². The van der Waals surface area contributed by atoms with Crippen molar-refractivity contribution in [3.8, 4) is 0 Å². The van der Waals surface area contributed by atoms with E-state index in [0.29, 0.717) is 10.7 Å². The number of urea groups is 1. The first kappa shape index (κ1) is 17.5. The molecule has 3 rings (SSSR count). The number of aromatic nitrogens is 1. The lowest BCUT2D eigenvalue weighted by atomic mass is 9.94. The third-order valence-electron chi connectivity index (χ3n) is 5.23. The number of piperidine rings is 1. The van der Waals surface area contributed by atoms with Crippen molar-refractivity contribution in [2.45, 2.75) is 43.5 Å². The highest BCUT2D eigenvalue weighted by Gasteiger charge is 2.42. The first-order chi connectivity index (χ1) is 11.6. The Balaban J connectivity index is 1.41. The van der Waals surface area contributed by atoms with E-state index < -0.39 is 0 Å². The summed E-state index contributed by atoms with van der Waals surface area (Å²) in [5, 5.41) is 6.24. The summed E-state index contributed by atoms with van der Waals surface area (Å²) in [6.45, 7) is 5.89. The van der Waals surface area contributed by atoms with Crippen LogP contribution < -0.4 is 10.6 Å². The van der Waals surface area contributed by atoms with Crippen LogP contribution in [0.25, 0.3) is 0 Å². The molecule has 6 heteroatoms. The summed E-state index contributed by atoms with van der Waals surface area (Å²) < 4.78 is 0.314. The van der Waals surface area contributed by atoms with Gasteiger partial charge >= 0.3 is 6.03 Å². The van der Waals surface area contributed by atoms with Crippen LogP contribution in [0, 0.1) is 5.92 Å². The van der Waals surface area contributed by atoms with Crippen LogP contribution in [0.3, 0.4) is 0 Å². The van der Waals surface area contributed by atoms with Crippen LogP contribution in [0.2, 0.25) is 0 Å². The third-order valence-corrected chi connectivity index (χ3v) is 6.65. The number of thioether (sulfide) groups is 1. The lowest BCUT2D eigenvalue weighted by Gasteiger charge is -2.37. The van der Waals surface area contributed by atoms with Gasteiger partial charge in [0.15, 0.2) is 0 Å². The molecular formula is C18H28N4OS. The number of rotatable bonds is 6. The maximum absolute atomic E-state index is 12.2. The molecule has 2 fully saturated rings. The van der Waals surface area contributed by atoms with Crippen LogP contribution in [0.4, 0.5) is 4.79 Å². The number of nitrogens with zero attached hydrogens (tertiary/aromatic N) is 2. The molecule has 1 aromatic heterocycles. The molecule has 0 radical (unpaired) electrons. The van der Waals surface area contributed by atoms with Gasteiger partial charge in [0, 0.05) is 43.2 Å². The maximum Gasteiger partial charge on any atom is 0.315 e. The molecule has 1 aliphatic heterocycles. The van der Waals surface area contributed by atoms with Crippen LogP contribution in [-0.4, -0.2) is 52.6 Å². The van der Waals surface area contributed by atoms with Crippen molar-refractivity contribution in [3.05, 3.63) is 30.1 Å². The predicted molar refractivity (Wildman–Crippen MR) is 99.1 cm³/mol. The maximum atomic E-state index is 12.2. The summed E-state index contributed by atoms with van der Waals surface area (Å²) in [7, 11) is 0. The van der Waals surface area contributed by atoms with Gasteiger partial charge in [-0.1, -0.05) is 13.0 Å². The zero-order valence-electron chi connectivity index (χ0n) is 14.6. The quantitative estimate of drug-likeness (QED) is 0.829. The van der Waals surface area contributed by atoms with Crippen LogP contribution in [-0.2, 0) is 6.54 Å². The molecule has 1 saturated heterocycles. The van der Waals surface area contributed by atoms with E-state index in [1.54, 1.807) is 0 Å². The molecule has 2 atom stereocenters. The number of pyridine rings is 1. The fourth-order valence-electron chi connectivity index (χ4n) is 3.36. The van der Waals surface area contributed by atoms with Gasteiger partial charge in [0.25, 0.3) is 0 Å². The van der Waals surface area contributed by atoms with E-state index in [4.69, 9.17) is 0 Å². The molecule has 132 valence electrons. The Kier molecular flexibility index (Phi) is 5.66. The molecule has 0 spiro atoms. The Labute approximate surface area is 149 Å². The highest BCUT2D eigenvalue weighted by atomic mass is 32.2. The van der Waals surface area contributed by atoms with Crippen molar-refractivity contribution in [1.29, 1.82) is 0 Å². The first-order valence-electron chi connectivity index (χ1n) is 8.82. The molecule has 5 nitrogen and oxygen atoms in total. The molecule has 1 aromatic rings. The van der Waals surface area contributed by atoms with Gasteiger partial charge < -0.3 is 10.6 Å². The Morgan fingerprint density at radius 2 is 2.29 bits per heavy atom. The van der Waals surface area contributed by atoms with Crippen LogP contribution in [0.1, 0.15) is 31.9 Å². The second-order valence-electron chi connectivity index (χ2n) is 7.14. The second kappa shape index (κ2) is 7.74. The number of amides is 2. The fraction of sp³-hybridized carbons (Fsp3) is 0.667. The standard InChI is InChI=1S/C18H28N4OS/c1-14-11-22(12-15-5-3-4-9-19-15)10-6-16(14)21-17(23)20-13-18(24-2)7-8-18/h3-5,9,14,16H,6-8,10-13H2,1-2H3,(H2,20,21,23)/t14-,16+/m1/s1. The third kappa shape index (κ3) is 4.63. The summed E-state index contributed by atoms with van der Waals surface area (Å²) in [4.78, 5) is 19.0. The Hall–Kier alpha value is -1.27. The molecule has 1 saturated carbocycles. The number of hydrogen-bond donors (Lipinski definition) is 2. The van der Waals surface area contributed by atoms with Gasteiger partial charge in [0.05, 0.1) is 5.69 Å².